The lowest BCUT2D eigenvalue weighted by molar-refractivity contribution is -0.167. The quantitative estimate of drug-likeness (QED) is 0.482. The van der Waals surface area contributed by atoms with Gasteiger partial charge in [-0.1, -0.05) is 13.8 Å². The van der Waals surface area contributed by atoms with Crippen LogP contribution in [0.25, 0.3) is 0 Å². The van der Waals surface area contributed by atoms with Gasteiger partial charge in [-0.15, -0.1) is 0 Å². The molecule has 0 aliphatic carbocycles. The van der Waals surface area contributed by atoms with Crippen molar-refractivity contribution in [2.45, 2.75) is 25.8 Å². The maximum absolute atomic E-state index is 11.0. The zero-order valence-corrected chi connectivity index (χ0v) is 8.73. The van der Waals surface area contributed by atoms with Gasteiger partial charge < -0.3 is 10.2 Å². The van der Waals surface area contributed by atoms with Crippen molar-refractivity contribution < 1.29 is 19.8 Å². The highest BCUT2D eigenvalue weighted by Gasteiger charge is 2.49. The van der Waals surface area contributed by atoms with E-state index < -0.39 is 17.5 Å². The molecule has 15 heavy (non-hydrogen) atoms. The first-order chi connectivity index (χ1) is 6.97. The van der Waals surface area contributed by atoms with Crippen LogP contribution in [0.15, 0.2) is 0 Å². The average molecular weight is 214 g/mol. The van der Waals surface area contributed by atoms with Crippen LogP contribution in [0, 0.1) is 11.3 Å². The summed E-state index contributed by atoms with van der Waals surface area (Å²) in [7, 11) is 0. The van der Waals surface area contributed by atoms with Crippen molar-refractivity contribution in [3.8, 4) is 6.07 Å². The minimum atomic E-state index is -2.00. The summed E-state index contributed by atoms with van der Waals surface area (Å²) in [5.41, 5.74) is -2.00. The second-order valence-corrected chi connectivity index (χ2v) is 3.00. The number of nitrogens with zero attached hydrogens (tertiary/aromatic N) is 2. The first kappa shape index (κ1) is 13.4. The molecular weight excluding hydrogens is 200 g/mol. The number of carboxylic acids is 2. The van der Waals surface area contributed by atoms with Gasteiger partial charge >= 0.3 is 11.9 Å². The van der Waals surface area contributed by atoms with Crippen molar-refractivity contribution in [2.75, 3.05) is 13.1 Å². The van der Waals surface area contributed by atoms with Gasteiger partial charge in [0.2, 0.25) is 5.54 Å². The lowest BCUT2D eigenvalue weighted by atomic mass is 9.94. The summed E-state index contributed by atoms with van der Waals surface area (Å²) in [6.45, 7) is 3.07. The van der Waals surface area contributed by atoms with E-state index in [0.29, 0.717) is 0 Å². The predicted molar refractivity (Wildman–Crippen MR) is 51.2 cm³/mol. The zero-order chi connectivity index (χ0) is 12.1. The molecular formula is C9H14N2O4. The first-order valence-corrected chi connectivity index (χ1v) is 4.56. The maximum atomic E-state index is 11.0. The SMILES string of the molecule is CCN(CC#N)C(CC)(C(=O)O)C(=O)O. The van der Waals surface area contributed by atoms with Gasteiger partial charge in [-0.3, -0.25) is 4.90 Å². The molecule has 0 bridgehead atoms. The molecule has 6 heteroatoms. The molecule has 2 N–H and O–H groups in total. The van der Waals surface area contributed by atoms with Crippen molar-refractivity contribution in [1.29, 1.82) is 5.26 Å². The fraction of sp³-hybridized carbons (Fsp3) is 0.667. The van der Waals surface area contributed by atoms with Crippen LogP contribution in [0.4, 0.5) is 0 Å². The second-order valence-electron chi connectivity index (χ2n) is 3.00. The van der Waals surface area contributed by atoms with Crippen LogP contribution >= 0.6 is 0 Å². The Hall–Kier alpha value is -1.61. The molecule has 0 saturated heterocycles. The van der Waals surface area contributed by atoms with Crippen LogP contribution in [0.1, 0.15) is 20.3 Å². The minimum absolute atomic E-state index is 0.0901. The first-order valence-electron chi connectivity index (χ1n) is 4.56. The summed E-state index contributed by atoms with van der Waals surface area (Å²) >= 11 is 0. The van der Waals surface area contributed by atoms with E-state index >= 15 is 0 Å². The van der Waals surface area contributed by atoms with Crippen LogP contribution in [0.2, 0.25) is 0 Å². The normalized spacial score (nSPS) is 11.1. The molecule has 0 rings (SSSR count). The largest absolute Gasteiger partial charge is 0.479 e. The van der Waals surface area contributed by atoms with Gasteiger partial charge in [0.25, 0.3) is 0 Å². The Morgan fingerprint density at radius 2 is 1.80 bits per heavy atom. The number of hydrogen-bond acceptors (Lipinski definition) is 4. The lowest BCUT2D eigenvalue weighted by Gasteiger charge is -2.33. The molecule has 0 aromatic heterocycles. The highest BCUT2D eigenvalue weighted by Crippen LogP contribution is 2.20. The molecule has 0 saturated carbocycles. The Bertz CT molecular complexity index is 281. The molecule has 6 nitrogen and oxygen atoms in total. The summed E-state index contributed by atoms with van der Waals surface area (Å²) in [6, 6.07) is 1.77. The molecule has 0 aromatic carbocycles. The molecule has 0 heterocycles. The second kappa shape index (κ2) is 5.32. The summed E-state index contributed by atoms with van der Waals surface area (Å²) in [5.74, 6) is -2.87. The van der Waals surface area contributed by atoms with Gasteiger partial charge in [0.05, 0.1) is 12.6 Å². The molecule has 0 amide bonds. The van der Waals surface area contributed by atoms with E-state index in [9.17, 15) is 9.59 Å². The highest BCUT2D eigenvalue weighted by molar-refractivity contribution is 6.03. The predicted octanol–water partition coefficient (Wildman–Crippen LogP) is 0.150. The number of aliphatic carboxylic acids is 2. The smallest absolute Gasteiger partial charge is 0.335 e. The van der Waals surface area contributed by atoms with E-state index in [-0.39, 0.29) is 19.5 Å². The Balaban J connectivity index is 5.32. The summed E-state index contributed by atoms with van der Waals surface area (Å²) < 4.78 is 0. The summed E-state index contributed by atoms with van der Waals surface area (Å²) in [5, 5.41) is 26.5. The molecule has 0 unspecified atom stereocenters. The van der Waals surface area contributed by atoms with E-state index in [4.69, 9.17) is 15.5 Å². The Kier molecular flexibility index (Phi) is 4.74. The van der Waals surface area contributed by atoms with E-state index in [1.807, 2.05) is 0 Å². The third kappa shape index (κ3) is 2.25. The van der Waals surface area contributed by atoms with Gasteiger partial charge in [-0.25, -0.2) is 9.59 Å². The number of carbonyl (C=O) groups is 2. The molecule has 84 valence electrons. The average Bonchev–Trinajstić information content (AvgIpc) is 2.17. The zero-order valence-electron chi connectivity index (χ0n) is 8.73. The molecule has 0 atom stereocenters. The number of likely N-dealkylation sites (N-methyl/N-ethyl adjacent to an activating group) is 1. The van der Waals surface area contributed by atoms with E-state index in [0.717, 1.165) is 4.90 Å². The number of hydrogen-bond donors (Lipinski definition) is 2. The fourth-order valence-corrected chi connectivity index (χ4v) is 1.49. The van der Waals surface area contributed by atoms with Crippen LogP contribution in [0.5, 0.6) is 0 Å². The topological polar surface area (TPSA) is 102 Å². The lowest BCUT2D eigenvalue weighted by Crippen LogP contribution is -2.60. The van der Waals surface area contributed by atoms with Gasteiger partial charge in [0.1, 0.15) is 0 Å². The van der Waals surface area contributed by atoms with Crippen LogP contribution in [-0.2, 0) is 9.59 Å². The number of nitriles is 1. The van der Waals surface area contributed by atoms with E-state index in [1.165, 1.54) is 6.92 Å². The van der Waals surface area contributed by atoms with Crippen molar-refractivity contribution in [2.24, 2.45) is 0 Å². The molecule has 0 spiro atoms. The van der Waals surface area contributed by atoms with Crippen LogP contribution in [0.3, 0.4) is 0 Å². The summed E-state index contributed by atoms with van der Waals surface area (Å²) in [6.07, 6.45) is -0.0901. The molecule has 0 aliphatic rings. The fourth-order valence-electron chi connectivity index (χ4n) is 1.49. The highest BCUT2D eigenvalue weighted by atomic mass is 16.4. The Labute approximate surface area is 87.7 Å². The third-order valence-electron chi connectivity index (χ3n) is 2.40. The number of rotatable bonds is 6. The monoisotopic (exact) mass is 214 g/mol. The molecule has 0 aromatic rings. The van der Waals surface area contributed by atoms with Crippen LogP contribution < -0.4 is 0 Å². The van der Waals surface area contributed by atoms with E-state index in [1.54, 1.807) is 13.0 Å². The Morgan fingerprint density at radius 3 is 2.00 bits per heavy atom. The minimum Gasteiger partial charge on any atom is -0.479 e. The molecule has 0 fully saturated rings. The van der Waals surface area contributed by atoms with Crippen LogP contribution in [-0.4, -0.2) is 45.7 Å². The van der Waals surface area contributed by atoms with Crippen molar-refractivity contribution in [3.05, 3.63) is 0 Å². The molecule has 0 aliphatic heterocycles. The van der Waals surface area contributed by atoms with E-state index in [2.05, 4.69) is 0 Å². The van der Waals surface area contributed by atoms with Crippen molar-refractivity contribution in [1.82, 2.24) is 4.90 Å². The number of carboxylic acid groups (broad SMARTS) is 2. The Morgan fingerprint density at radius 1 is 1.33 bits per heavy atom. The summed E-state index contributed by atoms with van der Waals surface area (Å²) in [4.78, 5) is 23.2. The third-order valence-corrected chi connectivity index (χ3v) is 2.40. The van der Waals surface area contributed by atoms with Gasteiger partial charge in [-0.05, 0) is 13.0 Å². The maximum Gasteiger partial charge on any atom is 0.335 e. The van der Waals surface area contributed by atoms with Gasteiger partial charge in [0, 0.05) is 0 Å². The van der Waals surface area contributed by atoms with Gasteiger partial charge in [0.15, 0.2) is 0 Å². The van der Waals surface area contributed by atoms with Crippen molar-refractivity contribution >= 4 is 11.9 Å². The standard InChI is InChI=1S/C9H14N2O4/c1-3-9(7(12)13,8(14)15)11(4-2)6-5-10/h3-4,6H2,1-2H3,(H,12,13)(H,14,15). The molecule has 0 radical (unpaired) electrons. The van der Waals surface area contributed by atoms with Gasteiger partial charge in [-0.2, -0.15) is 5.26 Å². The van der Waals surface area contributed by atoms with Crippen molar-refractivity contribution in [3.63, 3.8) is 0 Å².